The Morgan fingerprint density at radius 2 is 2.33 bits per heavy atom. The molecule has 1 saturated heterocycles. The van der Waals surface area contributed by atoms with Crippen LogP contribution in [-0.2, 0) is 0 Å². The van der Waals surface area contributed by atoms with E-state index in [0.717, 1.165) is 37.0 Å². The smallest absolute Gasteiger partial charge is 0.245 e. The zero-order valence-corrected chi connectivity index (χ0v) is 12.8. The lowest BCUT2D eigenvalue weighted by Gasteiger charge is -2.31. The number of nitrogens with one attached hydrogen (secondary N) is 2. The second-order valence-electron chi connectivity index (χ2n) is 5.87. The summed E-state index contributed by atoms with van der Waals surface area (Å²) in [6, 6.07) is 8.34. The van der Waals surface area contributed by atoms with Crippen molar-refractivity contribution in [3.63, 3.8) is 0 Å². The highest BCUT2D eigenvalue weighted by atomic mass is 15.4. The summed E-state index contributed by atoms with van der Waals surface area (Å²) in [6.45, 7) is 5.23. The first-order valence-electron chi connectivity index (χ1n) is 7.65. The van der Waals surface area contributed by atoms with E-state index in [1.54, 1.807) is 0 Å². The van der Waals surface area contributed by atoms with Crippen LogP contribution in [0.5, 0.6) is 0 Å². The van der Waals surface area contributed by atoms with Crippen LogP contribution in [0.3, 0.4) is 0 Å². The Kier molecular flexibility index (Phi) is 4.20. The fourth-order valence-corrected chi connectivity index (χ4v) is 3.02. The SMILES string of the molecule is CNCC1CCCN(c2n[nH]c(-c3cccc(C)c3)n2)C1. The summed E-state index contributed by atoms with van der Waals surface area (Å²) in [6.07, 6.45) is 2.49. The minimum absolute atomic E-state index is 0.685. The molecule has 1 aromatic heterocycles. The first-order chi connectivity index (χ1) is 10.3. The number of aromatic amines is 1. The third-order valence-electron chi connectivity index (χ3n) is 4.06. The van der Waals surface area contributed by atoms with Gasteiger partial charge in [0.2, 0.25) is 5.95 Å². The van der Waals surface area contributed by atoms with Gasteiger partial charge in [-0.05, 0) is 45.3 Å². The molecule has 0 aliphatic carbocycles. The molecule has 1 fully saturated rings. The van der Waals surface area contributed by atoms with Crippen molar-refractivity contribution in [2.24, 2.45) is 5.92 Å². The van der Waals surface area contributed by atoms with Gasteiger partial charge in [0.05, 0.1) is 0 Å². The maximum atomic E-state index is 4.68. The number of aromatic nitrogens is 3. The Morgan fingerprint density at radius 1 is 1.43 bits per heavy atom. The topological polar surface area (TPSA) is 56.8 Å². The molecular formula is C16H23N5. The molecule has 1 aromatic carbocycles. The highest BCUT2D eigenvalue weighted by Gasteiger charge is 2.22. The molecule has 2 N–H and O–H groups in total. The lowest BCUT2D eigenvalue weighted by atomic mass is 9.98. The quantitative estimate of drug-likeness (QED) is 0.904. The molecule has 5 heteroatoms. The standard InChI is InChI=1S/C16H23N5/c1-12-5-3-7-14(9-12)15-18-16(20-19-15)21-8-4-6-13(11-21)10-17-2/h3,5,7,9,13,17H,4,6,8,10-11H2,1-2H3,(H,18,19,20). The molecule has 3 rings (SSSR count). The van der Waals surface area contributed by atoms with Crippen molar-refractivity contribution in [3.05, 3.63) is 29.8 Å². The average Bonchev–Trinajstić information content (AvgIpc) is 2.98. The largest absolute Gasteiger partial charge is 0.339 e. The van der Waals surface area contributed by atoms with Gasteiger partial charge in [-0.3, -0.25) is 5.10 Å². The van der Waals surface area contributed by atoms with E-state index in [0.29, 0.717) is 5.92 Å². The molecule has 1 atom stereocenters. The van der Waals surface area contributed by atoms with Gasteiger partial charge in [-0.15, -0.1) is 5.10 Å². The molecule has 2 heterocycles. The van der Waals surface area contributed by atoms with E-state index in [2.05, 4.69) is 56.6 Å². The minimum atomic E-state index is 0.685. The van der Waals surface area contributed by atoms with Gasteiger partial charge in [0.25, 0.3) is 0 Å². The van der Waals surface area contributed by atoms with Gasteiger partial charge >= 0.3 is 0 Å². The van der Waals surface area contributed by atoms with Crippen LogP contribution in [0.15, 0.2) is 24.3 Å². The van der Waals surface area contributed by atoms with Crippen LogP contribution in [0.4, 0.5) is 5.95 Å². The van der Waals surface area contributed by atoms with Crippen LogP contribution in [0.1, 0.15) is 18.4 Å². The molecule has 0 spiro atoms. The highest BCUT2D eigenvalue weighted by Crippen LogP contribution is 2.23. The number of aryl methyl sites for hydroxylation is 1. The molecule has 112 valence electrons. The van der Waals surface area contributed by atoms with E-state index in [9.17, 15) is 0 Å². The van der Waals surface area contributed by atoms with Crippen LogP contribution >= 0.6 is 0 Å². The minimum Gasteiger partial charge on any atom is -0.339 e. The first kappa shape index (κ1) is 14.1. The number of rotatable bonds is 4. The van der Waals surface area contributed by atoms with Crippen molar-refractivity contribution in [1.82, 2.24) is 20.5 Å². The van der Waals surface area contributed by atoms with E-state index in [4.69, 9.17) is 0 Å². The van der Waals surface area contributed by atoms with Crippen molar-refractivity contribution >= 4 is 5.95 Å². The van der Waals surface area contributed by atoms with E-state index >= 15 is 0 Å². The highest BCUT2D eigenvalue weighted by molar-refractivity contribution is 5.57. The van der Waals surface area contributed by atoms with Gasteiger partial charge in [-0.1, -0.05) is 23.8 Å². The van der Waals surface area contributed by atoms with Crippen molar-refractivity contribution in [3.8, 4) is 11.4 Å². The zero-order chi connectivity index (χ0) is 14.7. The second kappa shape index (κ2) is 6.26. The fourth-order valence-electron chi connectivity index (χ4n) is 3.02. The zero-order valence-electron chi connectivity index (χ0n) is 12.8. The van der Waals surface area contributed by atoms with Gasteiger partial charge in [-0.2, -0.15) is 4.98 Å². The average molecular weight is 285 g/mol. The van der Waals surface area contributed by atoms with Gasteiger partial charge in [-0.25, -0.2) is 0 Å². The van der Waals surface area contributed by atoms with E-state index < -0.39 is 0 Å². The number of H-pyrrole nitrogens is 1. The van der Waals surface area contributed by atoms with Gasteiger partial charge in [0, 0.05) is 18.7 Å². The monoisotopic (exact) mass is 285 g/mol. The molecule has 1 aliphatic rings. The predicted molar refractivity (Wildman–Crippen MR) is 85.4 cm³/mol. The lowest BCUT2D eigenvalue weighted by molar-refractivity contribution is 0.399. The summed E-state index contributed by atoms with van der Waals surface area (Å²) in [4.78, 5) is 6.97. The number of benzene rings is 1. The Labute approximate surface area is 125 Å². The van der Waals surface area contributed by atoms with E-state index in [1.165, 1.54) is 18.4 Å². The fraction of sp³-hybridized carbons (Fsp3) is 0.500. The second-order valence-corrected chi connectivity index (χ2v) is 5.87. The first-order valence-corrected chi connectivity index (χ1v) is 7.65. The number of anilines is 1. The summed E-state index contributed by atoms with van der Waals surface area (Å²) >= 11 is 0. The van der Waals surface area contributed by atoms with E-state index in [-0.39, 0.29) is 0 Å². The Bertz CT molecular complexity index is 590. The molecule has 0 bridgehead atoms. The molecule has 0 saturated carbocycles. The van der Waals surface area contributed by atoms with Gasteiger partial charge in [0.1, 0.15) is 0 Å². The number of nitrogens with zero attached hydrogens (tertiary/aromatic N) is 3. The van der Waals surface area contributed by atoms with Crippen LogP contribution in [0.2, 0.25) is 0 Å². The van der Waals surface area contributed by atoms with E-state index in [1.807, 2.05) is 7.05 Å². The van der Waals surface area contributed by atoms with Gasteiger partial charge < -0.3 is 10.2 Å². The molecule has 0 amide bonds. The Balaban J connectivity index is 1.75. The summed E-state index contributed by atoms with van der Waals surface area (Å²) in [5.41, 5.74) is 2.33. The van der Waals surface area contributed by atoms with Crippen LogP contribution in [-0.4, -0.2) is 41.9 Å². The summed E-state index contributed by atoms with van der Waals surface area (Å²) < 4.78 is 0. The third-order valence-corrected chi connectivity index (χ3v) is 4.06. The Hall–Kier alpha value is -1.88. The molecule has 21 heavy (non-hydrogen) atoms. The summed E-state index contributed by atoms with van der Waals surface area (Å²) in [5, 5.41) is 10.8. The molecule has 0 radical (unpaired) electrons. The molecule has 2 aromatic rings. The predicted octanol–water partition coefficient (Wildman–Crippen LogP) is 2.22. The number of piperidine rings is 1. The maximum Gasteiger partial charge on any atom is 0.245 e. The van der Waals surface area contributed by atoms with Crippen LogP contribution in [0, 0.1) is 12.8 Å². The molecular weight excluding hydrogens is 262 g/mol. The normalized spacial score (nSPS) is 19.0. The van der Waals surface area contributed by atoms with Crippen molar-refractivity contribution in [1.29, 1.82) is 0 Å². The number of hydrogen-bond acceptors (Lipinski definition) is 4. The Morgan fingerprint density at radius 3 is 3.14 bits per heavy atom. The summed E-state index contributed by atoms with van der Waals surface area (Å²) in [5.74, 6) is 2.36. The van der Waals surface area contributed by atoms with Crippen molar-refractivity contribution < 1.29 is 0 Å². The molecule has 5 nitrogen and oxygen atoms in total. The molecule has 1 aliphatic heterocycles. The van der Waals surface area contributed by atoms with Crippen molar-refractivity contribution in [2.75, 3.05) is 31.6 Å². The maximum absolute atomic E-state index is 4.68. The van der Waals surface area contributed by atoms with Crippen LogP contribution in [0.25, 0.3) is 11.4 Å². The summed E-state index contributed by atoms with van der Waals surface area (Å²) in [7, 11) is 2.02. The van der Waals surface area contributed by atoms with Crippen molar-refractivity contribution in [2.45, 2.75) is 19.8 Å². The molecule has 1 unspecified atom stereocenters. The van der Waals surface area contributed by atoms with Crippen LogP contribution < -0.4 is 10.2 Å². The van der Waals surface area contributed by atoms with Gasteiger partial charge in [0.15, 0.2) is 5.82 Å². The lowest BCUT2D eigenvalue weighted by Crippen LogP contribution is -2.39. The third kappa shape index (κ3) is 3.24. The number of hydrogen-bond donors (Lipinski definition) is 2.